The summed E-state index contributed by atoms with van der Waals surface area (Å²) in [6.07, 6.45) is 1.85. The van der Waals surface area contributed by atoms with Gasteiger partial charge < -0.3 is 14.2 Å². The van der Waals surface area contributed by atoms with Crippen LogP contribution in [0.15, 0.2) is 17.1 Å². The third-order valence-electron chi connectivity index (χ3n) is 3.74. The van der Waals surface area contributed by atoms with Crippen molar-refractivity contribution in [2.24, 2.45) is 0 Å². The van der Waals surface area contributed by atoms with Gasteiger partial charge in [0.05, 0.1) is 30.1 Å². The first-order chi connectivity index (χ1) is 10.2. The van der Waals surface area contributed by atoms with E-state index in [1.807, 2.05) is 24.9 Å². The molecule has 21 heavy (non-hydrogen) atoms. The van der Waals surface area contributed by atoms with Gasteiger partial charge in [-0.05, 0) is 13.8 Å². The Bertz CT molecular complexity index is 623. The Morgan fingerprint density at radius 3 is 3.05 bits per heavy atom. The molecule has 0 radical (unpaired) electrons. The number of amides is 1. The second-order valence-corrected chi connectivity index (χ2v) is 5.66. The molecule has 3 rings (SSSR count). The number of nitrogens with zero attached hydrogens (tertiary/aromatic N) is 4. The summed E-state index contributed by atoms with van der Waals surface area (Å²) in [5, 5.41) is 1.79. The Morgan fingerprint density at radius 2 is 2.33 bits per heavy atom. The maximum Gasteiger partial charge on any atom is 0.273 e. The first kappa shape index (κ1) is 14.2. The lowest BCUT2D eigenvalue weighted by Crippen LogP contribution is -2.41. The molecule has 0 spiro atoms. The molecule has 0 aromatic carbocycles. The third-order valence-corrected chi connectivity index (χ3v) is 4.33. The summed E-state index contributed by atoms with van der Waals surface area (Å²) in [5.41, 5.74) is 3.27. The highest BCUT2D eigenvalue weighted by molar-refractivity contribution is 7.07. The van der Waals surface area contributed by atoms with Crippen molar-refractivity contribution in [2.45, 2.75) is 33.0 Å². The zero-order chi connectivity index (χ0) is 14.8. The number of carbonyl (C=O) groups is 1. The molecular formula is C14H18N4O2S. The second-order valence-electron chi connectivity index (χ2n) is 4.94. The summed E-state index contributed by atoms with van der Waals surface area (Å²) in [6, 6.07) is -0.0525. The van der Waals surface area contributed by atoms with Crippen LogP contribution in [0.2, 0.25) is 0 Å². The Kier molecular flexibility index (Phi) is 4.03. The maximum atomic E-state index is 12.5. The fourth-order valence-electron chi connectivity index (χ4n) is 2.62. The molecule has 3 heterocycles. The van der Waals surface area contributed by atoms with Crippen LogP contribution < -0.4 is 0 Å². The molecule has 2 aromatic rings. The number of ether oxygens (including phenoxy) is 1. The molecule has 1 aliphatic heterocycles. The molecule has 0 fully saturated rings. The van der Waals surface area contributed by atoms with Gasteiger partial charge in [0, 0.05) is 25.1 Å². The summed E-state index contributed by atoms with van der Waals surface area (Å²) < 4.78 is 7.62. The van der Waals surface area contributed by atoms with Gasteiger partial charge in [-0.1, -0.05) is 0 Å². The van der Waals surface area contributed by atoms with Gasteiger partial charge in [-0.3, -0.25) is 4.79 Å². The largest absolute Gasteiger partial charge is 0.375 e. The van der Waals surface area contributed by atoms with Crippen LogP contribution in [0.3, 0.4) is 0 Å². The quantitative estimate of drug-likeness (QED) is 0.868. The van der Waals surface area contributed by atoms with Crippen LogP contribution in [0.1, 0.15) is 41.9 Å². The number of rotatable bonds is 4. The number of aromatic nitrogens is 3. The van der Waals surface area contributed by atoms with Gasteiger partial charge in [-0.15, -0.1) is 11.3 Å². The van der Waals surface area contributed by atoms with Gasteiger partial charge in [0.1, 0.15) is 11.5 Å². The van der Waals surface area contributed by atoms with Crippen LogP contribution in [0.25, 0.3) is 0 Å². The third kappa shape index (κ3) is 2.58. The van der Waals surface area contributed by atoms with Crippen molar-refractivity contribution >= 4 is 17.2 Å². The normalized spacial score (nSPS) is 17.8. The fraction of sp³-hybridized carbons (Fsp3) is 0.500. The van der Waals surface area contributed by atoms with Gasteiger partial charge in [-0.2, -0.15) is 0 Å². The Morgan fingerprint density at radius 1 is 1.48 bits per heavy atom. The van der Waals surface area contributed by atoms with E-state index in [0.717, 1.165) is 18.1 Å². The molecule has 1 aliphatic rings. The summed E-state index contributed by atoms with van der Waals surface area (Å²) in [6.45, 7) is 6.65. The summed E-state index contributed by atoms with van der Waals surface area (Å²) in [7, 11) is 0. The van der Waals surface area contributed by atoms with Crippen molar-refractivity contribution in [2.75, 3.05) is 13.2 Å². The Labute approximate surface area is 127 Å². The highest BCUT2D eigenvalue weighted by Crippen LogP contribution is 2.27. The molecular weight excluding hydrogens is 288 g/mol. The molecule has 0 bridgehead atoms. The molecule has 7 heteroatoms. The van der Waals surface area contributed by atoms with E-state index in [9.17, 15) is 4.79 Å². The molecule has 1 atom stereocenters. The predicted molar refractivity (Wildman–Crippen MR) is 79.1 cm³/mol. The number of hydrogen-bond acceptors (Lipinski definition) is 5. The highest BCUT2D eigenvalue weighted by Gasteiger charge is 2.31. The van der Waals surface area contributed by atoms with Crippen molar-refractivity contribution in [3.05, 3.63) is 34.3 Å². The molecule has 0 unspecified atom stereocenters. The summed E-state index contributed by atoms with van der Waals surface area (Å²) in [5.74, 6) is 0.892. The van der Waals surface area contributed by atoms with E-state index in [2.05, 4.69) is 14.5 Å². The smallest absolute Gasteiger partial charge is 0.273 e. The van der Waals surface area contributed by atoms with Crippen molar-refractivity contribution in [3.8, 4) is 0 Å². The van der Waals surface area contributed by atoms with Crippen LogP contribution >= 0.6 is 11.3 Å². The lowest BCUT2D eigenvalue weighted by Gasteiger charge is -2.34. The number of thiazole rings is 1. The first-order valence-electron chi connectivity index (χ1n) is 7.03. The first-order valence-corrected chi connectivity index (χ1v) is 7.97. The molecule has 0 N–H and O–H groups in total. The van der Waals surface area contributed by atoms with Crippen molar-refractivity contribution in [3.63, 3.8) is 0 Å². The predicted octanol–water partition coefficient (Wildman–Crippen LogP) is 2.09. The molecule has 112 valence electrons. The van der Waals surface area contributed by atoms with Gasteiger partial charge in [0.25, 0.3) is 5.91 Å². The van der Waals surface area contributed by atoms with Crippen molar-refractivity contribution < 1.29 is 9.53 Å². The van der Waals surface area contributed by atoms with Gasteiger partial charge in [0.2, 0.25) is 0 Å². The minimum absolute atomic E-state index is 0.0237. The minimum Gasteiger partial charge on any atom is -0.375 e. The SMILES string of the molecule is CCOCc1cnc2n1CCN(C(=O)c1cscn1)[C@H]2C. The molecule has 0 aliphatic carbocycles. The van der Waals surface area contributed by atoms with E-state index < -0.39 is 0 Å². The summed E-state index contributed by atoms with van der Waals surface area (Å²) >= 11 is 1.44. The highest BCUT2D eigenvalue weighted by atomic mass is 32.1. The lowest BCUT2D eigenvalue weighted by atomic mass is 10.2. The van der Waals surface area contributed by atoms with E-state index in [1.54, 1.807) is 10.9 Å². The number of imidazole rings is 1. The van der Waals surface area contributed by atoms with Crippen LogP contribution in [0, 0.1) is 0 Å². The number of fused-ring (bicyclic) bond motifs is 1. The molecule has 0 saturated heterocycles. The van der Waals surface area contributed by atoms with E-state index >= 15 is 0 Å². The van der Waals surface area contributed by atoms with Crippen LogP contribution in [-0.4, -0.2) is 38.5 Å². The minimum atomic E-state index is -0.0525. The van der Waals surface area contributed by atoms with E-state index in [0.29, 0.717) is 25.5 Å². The molecule has 2 aromatic heterocycles. The Hall–Kier alpha value is -1.73. The molecule has 1 amide bonds. The van der Waals surface area contributed by atoms with Crippen molar-refractivity contribution in [1.82, 2.24) is 19.4 Å². The standard InChI is InChI=1S/C14H18N4O2S/c1-3-20-7-11-6-15-13-10(2)17(4-5-18(11)13)14(19)12-8-21-9-16-12/h6,8-10H,3-5,7H2,1-2H3/t10-/m0/s1. The fourth-order valence-corrected chi connectivity index (χ4v) is 3.15. The van der Waals surface area contributed by atoms with E-state index in [1.165, 1.54) is 11.3 Å². The molecule has 6 nitrogen and oxygen atoms in total. The number of hydrogen-bond donors (Lipinski definition) is 0. The van der Waals surface area contributed by atoms with Gasteiger partial charge in [-0.25, -0.2) is 9.97 Å². The lowest BCUT2D eigenvalue weighted by molar-refractivity contribution is 0.0624. The zero-order valence-corrected chi connectivity index (χ0v) is 13.0. The Balaban J connectivity index is 1.81. The average molecular weight is 306 g/mol. The van der Waals surface area contributed by atoms with Crippen LogP contribution in [0.4, 0.5) is 0 Å². The molecule has 0 saturated carbocycles. The van der Waals surface area contributed by atoms with E-state index in [4.69, 9.17) is 4.74 Å². The zero-order valence-electron chi connectivity index (χ0n) is 12.2. The van der Waals surface area contributed by atoms with Gasteiger partial charge >= 0.3 is 0 Å². The monoisotopic (exact) mass is 306 g/mol. The van der Waals surface area contributed by atoms with E-state index in [-0.39, 0.29) is 11.9 Å². The van der Waals surface area contributed by atoms with Crippen LogP contribution in [-0.2, 0) is 17.9 Å². The van der Waals surface area contributed by atoms with Crippen LogP contribution in [0.5, 0.6) is 0 Å². The number of carbonyl (C=O) groups excluding carboxylic acids is 1. The summed E-state index contributed by atoms with van der Waals surface area (Å²) in [4.78, 5) is 22.9. The maximum absolute atomic E-state index is 12.5. The van der Waals surface area contributed by atoms with Crippen molar-refractivity contribution in [1.29, 1.82) is 0 Å². The second kappa shape index (κ2) is 5.95. The topological polar surface area (TPSA) is 60.2 Å². The average Bonchev–Trinajstić information content (AvgIpc) is 3.15. The van der Waals surface area contributed by atoms with Gasteiger partial charge in [0.15, 0.2) is 0 Å².